The third-order valence-corrected chi connectivity index (χ3v) is 4.68. The Kier molecular flexibility index (Phi) is 4.12. The van der Waals surface area contributed by atoms with Gasteiger partial charge in [0.1, 0.15) is 5.92 Å². The molecular weight excluding hydrogens is 329 g/mol. The zero-order valence-electron chi connectivity index (χ0n) is 11.3. The molecule has 22 heavy (non-hydrogen) atoms. The van der Waals surface area contributed by atoms with Gasteiger partial charge in [0.2, 0.25) is 5.91 Å². The Hall–Kier alpha value is -1.56. The van der Waals surface area contributed by atoms with Crippen LogP contribution < -0.4 is 5.32 Å². The van der Waals surface area contributed by atoms with Crippen LogP contribution in [0.4, 0.5) is 0 Å². The molecule has 1 aromatic rings. The molecule has 0 unspecified atom stereocenters. The lowest BCUT2D eigenvalue weighted by Crippen LogP contribution is -2.42. The number of aliphatic carboxylic acids is 1. The van der Waals surface area contributed by atoms with E-state index in [9.17, 15) is 14.7 Å². The first kappa shape index (κ1) is 15.3. The Bertz CT molecular complexity index is 661. The van der Waals surface area contributed by atoms with Crippen molar-refractivity contribution in [2.45, 2.75) is 18.8 Å². The minimum atomic E-state index is -1.02. The second-order valence-electron chi connectivity index (χ2n) is 5.31. The van der Waals surface area contributed by atoms with Gasteiger partial charge >= 0.3 is 5.97 Å². The largest absolute Gasteiger partial charge is 0.481 e. The van der Waals surface area contributed by atoms with E-state index in [4.69, 9.17) is 27.9 Å². The summed E-state index contributed by atoms with van der Waals surface area (Å²) in [6.45, 7) is 0.250. The molecule has 0 saturated carbocycles. The first-order chi connectivity index (χ1) is 10.5. The molecule has 1 saturated heterocycles. The predicted octanol–water partition coefficient (Wildman–Crippen LogP) is 2.26. The molecule has 0 aliphatic carbocycles. The average molecular weight is 342 g/mol. The Labute approximate surface area is 136 Å². The molecule has 0 spiro atoms. The molecular formula is C15H13Cl2NO4. The zero-order valence-corrected chi connectivity index (χ0v) is 12.8. The van der Waals surface area contributed by atoms with Gasteiger partial charge in [0.25, 0.3) is 0 Å². The number of ether oxygens (including phenoxy) is 1. The van der Waals surface area contributed by atoms with Gasteiger partial charge in [-0.3, -0.25) is 9.59 Å². The summed E-state index contributed by atoms with van der Waals surface area (Å²) in [6.07, 6.45) is 2.45. The van der Waals surface area contributed by atoms with Gasteiger partial charge in [-0.05, 0) is 17.7 Å². The number of carboxylic acid groups (broad SMARTS) is 1. The van der Waals surface area contributed by atoms with E-state index in [1.54, 1.807) is 30.4 Å². The molecule has 2 aliphatic heterocycles. The number of rotatable bonds is 4. The van der Waals surface area contributed by atoms with E-state index in [0.717, 1.165) is 5.56 Å². The highest BCUT2D eigenvalue weighted by Crippen LogP contribution is 2.39. The highest BCUT2D eigenvalue weighted by Gasteiger charge is 2.53. The quantitative estimate of drug-likeness (QED) is 0.823. The van der Waals surface area contributed by atoms with E-state index in [1.807, 2.05) is 0 Å². The summed E-state index contributed by atoms with van der Waals surface area (Å²) >= 11 is 11.8. The van der Waals surface area contributed by atoms with Crippen molar-refractivity contribution in [1.82, 2.24) is 5.32 Å². The van der Waals surface area contributed by atoms with Gasteiger partial charge in [0, 0.05) is 6.54 Å². The Balaban J connectivity index is 1.68. The van der Waals surface area contributed by atoms with Gasteiger partial charge in [-0.15, -0.1) is 0 Å². The number of hydrogen-bond donors (Lipinski definition) is 2. The van der Waals surface area contributed by atoms with Crippen LogP contribution in [0.2, 0.25) is 10.0 Å². The lowest BCUT2D eigenvalue weighted by atomic mass is 9.82. The monoisotopic (exact) mass is 341 g/mol. The van der Waals surface area contributed by atoms with Gasteiger partial charge in [-0.25, -0.2) is 0 Å². The number of hydrogen-bond acceptors (Lipinski definition) is 3. The Morgan fingerprint density at radius 2 is 1.82 bits per heavy atom. The molecule has 0 radical (unpaired) electrons. The van der Waals surface area contributed by atoms with Crippen molar-refractivity contribution < 1.29 is 19.4 Å². The van der Waals surface area contributed by atoms with Crippen LogP contribution in [0.3, 0.4) is 0 Å². The molecule has 2 aliphatic rings. The van der Waals surface area contributed by atoms with Gasteiger partial charge in [-0.2, -0.15) is 0 Å². The zero-order chi connectivity index (χ0) is 15.9. The van der Waals surface area contributed by atoms with Gasteiger partial charge in [0.05, 0.1) is 28.2 Å². The highest BCUT2D eigenvalue weighted by atomic mass is 35.5. The molecule has 2 heterocycles. The number of fused-ring (bicyclic) bond motifs is 2. The summed E-state index contributed by atoms with van der Waals surface area (Å²) in [7, 11) is 0. The number of benzene rings is 1. The van der Waals surface area contributed by atoms with E-state index >= 15 is 0 Å². The molecule has 0 aromatic heterocycles. The minimum absolute atomic E-state index is 0.250. The molecule has 4 atom stereocenters. The van der Waals surface area contributed by atoms with Crippen molar-refractivity contribution in [3.8, 4) is 0 Å². The molecule has 1 amide bonds. The predicted molar refractivity (Wildman–Crippen MR) is 80.7 cm³/mol. The van der Waals surface area contributed by atoms with Gasteiger partial charge in [0.15, 0.2) is 0 Å². The van der Waals surface area contributed by atoms with Crippen molar-refractivity contribution >= 4 is 35.1 Å². The van der Waals surface area contributed by atoms with Crippen LogP contribution in [0, 0.1) is 11.8 Å². The number of carboxylic acids is 1. The van der Waals surface area contributed by atoms with Crippen molar-refractivity contribution in [2.24, 2.45) is 11.8 Å². The first-order valence-electron chi connectivity index (χ1n) is 6.75. The number of carbonyl (C=O) groups is 2. The fourth-order valence-electron chi connectivity index (χ4n) is 2.87. The average Bonchev–Trinajstić information content (AvgIpc) is 3.08. The molecule has 3 rings (SSSR count). The molecule has 5 nitrogen and oxygen atoms in total. The molecule has 2 bridgehead atoms. The van der Waals surface area contributed by atoms with Crippen LogP contribution >= 0.6 is 23.2 Å². The fraction of sp³-hybridized carbons (Fsp3) is 0.333. The maximum atomic E-state index is 12.3. The summed E-state index contributed by atoms with van der Waals surface area (Å²) in [5, 5.41) is 12.9. The van der Waals surface area contributed by atoms with Crippen LogP contribution in [-0.2, 0) is 20.9 Å². The van der Waals surface area contributed by atoms with Crippen LogP contribution in [0.15, 0.2) is 30.4 Å². The number of halogens is 2. The summed E-state index contributed by atoms with van der Waals surface area (Å²) < 4.78 is 5.48. The Morgan fingerprint density at radius 3 is 2.45 bits per heavy atom. The lowest BCUT2D eigenvalue weighted by molar-refractivity contribution is -0.146. The number of amides is 1. The van der Waals surface area contributed by atoms with Crippen molar-refractivity contribution in [1.29, 1.82) is 0 Å². The lowest BCUT2D eigenvalue weighted by Gasteiger charge is -2.21. The first-order valence-corrected chi connectivity index (χ1v) is 7.51. The van der Waals surface area contributed by atoms with Crippen molar-refractivity contribution in [2.75, 3.05) is 0 Å². The third kappa shape index (κ3) is 2.72. The molecule has 1 aromatic carbocycles. The molecule has 1 fully saturated rings. The topological polar surface area (TPSA) is 75.6 Å². The van der Waals surface area contributed by atoms with Crippen LogP contribution in [0.1, 0.15) is 5.56 Å². The van der Waals surface area contributed by atoms with Crippen LogP contribution in [-0.4, -0.2) is 29.2 Å². The Morgan fingerprint density at radius 1 is 1.14 bits per heavy atom. The van der Waals surface area contributed by atoms with Gasteiger partial charge < -0.3 is 15.2 Å². The maximum absolute atomic E-state index is 12.3. The minimum Gasteiger partial charge on any atom is -0.481 e. The second kappa shape index (κ2) is 5.91. The summed E-state index contributed by atoms with van der Waals surface area (Å²) in [6, 6.07) is 5.06. The van der Waals surface area contributed by atoms with Crippen LogP contribution in [0.25, 0.3) is 0 Å². The van der Waals surface area contributed by atoms with Crippen molar-refractivity contribution in [3.05, 3.63) is 46.0 Å². The van der Waals surface area contributed by atoms with Crippen LogP contribution in [0.5, 0.6) is 0 Å². The second-order valence-corrected chi connectivity index (χ2v) is 6.12. The van der Waals surface area contributed by atoms with E-state index in [0.29, 0.717) is 10.0 Å². The smallest absolute Gasteiger partial charge is 0.310 e. The fourth-order valence-corrected chi connectivity index (χ4v) is 3.19. The third-order valence-electron chi connectivity index (χ3n) is 3.94. The van der Waals surface area contributed by atoms with E-state index in [-0.39, 0.29) is 12.5 Å². The SMILES string of the molecule is O=C(O)[C@@H]1[C@@H](C(=O)NCc2ccc(Cl)c(Cl)c2)[C@@H]2C=C[C@@H]1O2. The summed E-state index contributed by atoms with van der Waals surface area (Å²) in [5.41, 5.74) is 0.786. The molecule has 7 heteroatoms. The molecule has 116 valence electrons. The van der Waals surface area contributed by atoms with Crippen molar-refractivity contribution in [3.63, 3.8) is 0 Å². The highest BCUT2D eigenvalue weighted by molar-refractivity contribution is 6.42. The molecule has 2 N–H and O–H groups in total. The van der Waals surface area contributed by atoms with E-state index < -0.39 is 30.0 Å². The maximum Gasteiger partial charge on any atom is 0.310 e. The summed E-state index contributed by atoms with van der Waals surface area (Å²) in [5.74, 6) is -2.92. The van der Waals surface area contributed by atoms with E-state index in [1.165, 1.54) is 0 Å². The number of carbonyl (C=O) groups excluding carboxylic acids is 1. The van der Waals surface area contributed by atoms with Gasteiger partial charge in [-0.1, -0.05) is 41.4 Å². The normalized spacial score (nSPS) is 28.8. The summed E-state index contributed by atoms with van der Waals surface area (Å²) in [4.78, 5) is 23.7. The van der Waals surface area contributed by atoms with E-state index in [2.05, 4.69) is 5.32 Å². The standard InChI is InChI=1S/C15H13Cl2NO4/c16-8-2-1-7(5-9(8)17)6-18-14(19)12-10-3-4-11(22-10)13(12)15(20)21/h1-5,10-13H,6H2,(H,18,19)(H,20,21)/t10-,11-,12-,13-/m0/s1. The number of nitrogens with one attached hydrogen (secondary N) is 1.